The molecule has 0 saturated heterocycles. The van der Waals surface area contributed by atoms with E-state index < -0.39 is 0 Å². The lowest BCUT2D eigenvalue weighted by Gasteiger charge is -2.49. The summed E-state index contributed by atoms with van der Waals surface area (Å²) in [7, 11) is 6.36. The third-order valence-electron chi connectivity index (χ3n) is 4.34. The lowest BCUT2D eigenvalue weighted by atomic mass is 9.75. The summed E-state index contributed by atoms with van der Waals surface area (Å²) in [4.78, 5) is 4.56. The van der Waals surface area contributed by atoms with Gasteiger partial charge >= 0.3 is 0 Å². The van der Waals surface area contributed by atoms with Crippen LogP contribution >= 0.6 is 0 Å². The third-order valence-corrected chi connectivity index (χ3v) is 4.34. The second-order valence-electron chi connectivity index (χ2n) is 5.99. The molecular formula is C15H24FN3. The fourth-order valence-corrected chi connectivity index (χ4v) is 2.89. The smallest absolute Gasteiger partial charge is 0.123 e. The van der Waals surface area contributed by atoms with Crippen LogP contribution in [0.1, 0.15) is 24.8 Å². The Kier molecular flexibility index (Phi) is 4.11. The first kappa shape index (κ1) is 14.3. The fourth-order valence-electron chi connectivity index (χ4n) is 2.89. The van der Waals surface area contributed by atoms with Crippen LogP contribution in [-0.4, -0.2) is 43.0 Å². The normalized spacial score (nSPS) is 17.8. The average molecular weight is 265 g/mol. The van der Waals surface area contributed by atoms with Crippen molar-refractivity contribution in [2.75, 3.05) is 33.4 Å². The zero-order valence-corrected chi connectivity index (χ0v) is 12.1. The number of halogens is 1. The Balaban J connectivity index is 2.01. The SMILES string of the molecule is CN(Cc1cc(F)ccc1N)CC1(N(C)C)CCC1. The molecule has 2 N–H and O–H groups in total. The van der Waals surface area contributed by atoms with E-state index in [-0.39, 0.29) is 11.4 Å². The maximum atomic E-state index is 13.3. The number of nitrogens with zero attached hydrogens (tertiary/aromatic N) is 2. The Morgan fingerprint density at radius 2 is 1.95 bits per heavy atom. The summed E-state index contributed by atoms with van der Waals surface area (Å²) in [5, 5.41) is 0. The molecule has 2 rings (SSSR count). The number of nitrogens with two attached hydrogens (primary N) is 1. The highest BCUT2D eigenvalue weighted by Crippen LogP contribution is 2.36. The van der Waals surface area contributed by atoms with Crippen LogP contribution in [0.15, 0.2) is 18.2 Å². The van der Waals surface area contributed by atoms with Crippen LogP contribution in [0, 0.1) is 5.82 Å². The van der Waals surface area contributed by atoms with E-state index in [0.717, 1.165) is 12.1 Å². The van der Waals surface area contributed by atoms with E-state index >= 15 is 0 Å². The van der Waals surface area contributed by atoms with E-state index in [9.17, 15) is 4.39 Å². The minimum Gasteiger partial charge on any atom is -0.398 e. The molecule has 0 bridgehead atoms. The average Bonchev–Trinajstić information content (AvgIpc) is 2.28. The molecule has 1 aliphatic rings. The minimum atomic E-state index is -0.219. The van der Waals surface area contributed by atoms with Gasteiger partial charge in [0.05, 0.1) is 0 Å². The molecule has 1 aromatic carbocycles. The molecule has 0 aliphatic heterocycles. The summed E-state index contributed by atoms with van der Waals surface area (Å²) in [6.07, 6.45) is 3.78. The number of rotatable bonds is 5. The van der Waals surface area contributed by atoms with Crippen molar-refractivity contribution in [2.24, 2.45) is 0 Å². The topological polar surface area (TPSA) is 32.5 Å². The minimum absolute atomic E-state index is 0.219. The predicted octanol–water partition coefficient (Wildman–Crippen LogP) is 2.32. The van der Waals surface area contributed by atoms with Gasteiger partial charge < -0.3 is 15.5 Å². The van der Waals surface area contributed by atoms with Crippen LogP contribution in [0.5, 0.6) is 0 Å². The molecule has 0 atom stereocenters. The van der Waals surface area contributed by atoms with Crippen LogP contribution in [-0.2, 0) is 6.54 Å². The molecule has 106 valence electrons. The molecule has 1 aliphatic carbocycles. The Morgan fingerprint density at radius 1 is 1.26 bits per heavy atom. The molecule has 1 saturated carbocycles. The van der Waals surface area contributed by atoms with Gasteiger partial charge in [0.25, 0.3) is 0 Å². The molecule has 0 aromatic heterocycles. The molecule has 19 heavy (non-hydrogen) atoms. The summed E-state index contributed by atoms with van der Waals surface area (Å²) in [6, 6.07) is 4.59. The van der Waals surface area contributed by atoms with Gasteiger partial charge in [-0.1, -0.05) is 0 Å². The van der Waals surface area contributed by atoms with Crippen LogP contribution in [0.25, 0.3) is 0 Å². The molecule has 0 radical (unpaired) electrons. The highest BCUT2D eigenvalue weighted by atomic mass is 19.1. The van der Waals surface area contributed by atoms with E-state index in [2.05, 4.69) is 30.9 Å². The van der Waals surface area contributed by atoms with Gasteiger partial charge in [0, 0.05) is 24.3 Å². The van der Waals surface area contributed by atoms with E-state index in [1.165, 1.54) is 31.4 Å². The van der Waals surface area contributed by atoms with Crippen molar-refractivity contribution in [3.05, 3.63) is 29.6 Å². The molecule has 0 unspecified atom stereocenters. The number of nitrogen functional groups attached to an aromatic ring is 1. The Bertz CT molecular complexity index is 441. The Hall–Kier alpha value is -1.13. The molecule has 4 heteroatoms. The van der Waals surface area contributed by atoms with Crippen LogP contribution < -0.4 is 5.73 Å². The third kappa shape index (κ3) is 3.07. The first-order chi connectivity index (χ1) is 8.93. The maximum absolute atomic E-state index is 13.3. The van der Waals surface area contributed by atoms with Gasteiger partial charge in [-0.05, 0) is 64.2 Å². The zero-order chi connectivity index (χ0) is 14.0. The zero-order valence-electron chi connectivity index (χ0n) is 12.1. The monoisotopic (exact) mass is 265 g/mol. The van der Waals surface area contributed by atoms with Crippen molar-refractivity contribution in [1.82, 2.24) is 9.80 Å². The molecule has 1 aromatic rings. The van der Waals surface area contributed by atoms with E-state index in [1.54, 1.807) is 6.07 Å². The van der Waals surface area contributed by atoms with Gasteiger partial charge in [0.1, 0.15) is 5.82 Å². The molecular weight excluding hydrogens is 241 g/mol. The van der Waals surface area contributed by atoms with Crippen LogP contribution in [0.4, 0.5) is 10.1 Å². The van der Waals surface area contributed by atoms with Gasteiger partial charge in [-0.2, -0.15) is 0 Å². The summed E-state index contributed by atoms with van der Waals surface area (Å²) in [5.74, 6) is -0.219. The number of hydrogen-bond donors (Lipinski definition) is 1. The highest BCUT2D eigenvalue weighted by Gasteiger charge is 2.39. The lowest BCUT2D eigenvalue weighted by Crippen LogP contribution is -2.56. The quantitative estimate of drug-likeness (QED) is 0.829. The summed E-state index contributed by atoms with van der Waals surface area (Å²) in [6.45, 7) is 1.69. The van der Waals surface area contributed by atoms with Crippen LogP contribution in [0.3, 0.4) is 0 Å². The van der Waals surface area contributed by atoms with Crippen molar-refractivity contribution in [1.29, 1.82) is 0 Å². The van der Waals surface area contributed by atoms with Crippen molar-refractivity contribution in [2.45, 2.75) is 31.3 Å². The second kappa shape index (κ2) is 5.47. The van der Waals surface area contributed by atoms with E-state index in [0.29, 0.717) is 12.2 Å². The van der Waals surface area contributed by atoms with Gasteiger partial charge in [-0.3, -0.25) is 0 Å². The first-order valence-corrected chi connectivity index (χ1v) is 6.83. The van der Waals surface area contributed by atoms with Crippen molar-refractivity contribution >= 4 is 5.69 Å². The molecule has 0 spiro atoms. The van der Waals surface area contributed by atoms with E-state index in [1.807, 2.05) is 0 Å². The number of hydrogen-bond acceptors (Lipinski definition) is 3. The summed E-state index contributed by atoms with van der Waals surface area (Å²) < 4.78 is 13.3. The van der Waals surface area contributed by atoms with Crippen molar-refractivity contribution < 1.29 is 4.39 Å². The van der Waals surface area contributed by atoms with E-state index in [4.69, 9.17) is 5.73 Å². The molecule has 3 nitrogen and oxygen atoms in total. The fraction of sp³-hybridized carbons (Fsp3) is 0.600. The standard InChI is InChI=1S/C15H24FN3/c1-18(2)15(7-4-8-15)11-19(3)10-12-9-13(16)5-6-14(12)17/h5-6,9H,4,7-8,10-11,17H2,1-3H3. The molecule has 0 heterocycles. The summed E-state index contributed by atoms with van der Waals surface area (Å²) >= 11 is 0. The van der Waals surface area contributed by atoms with Crippen molar-refractivity contribution in [3.63, 3.8) is 0 Å². The summed E-state index contributed by atoms with van der Waals surface area (Å²) in [5.41, 5.74) is 7.73. The first-order valence-electron chi connectivity index (χ1n) is 6.83. The number of benzene rings is 1. The van der Waals surface area contributed by atoms with Gasteiger partial charge in [0.2, 0.25) is 0 Å². The lowest BCUT2D eigenvalue weighted by molar-refractivity contribution is 0.0259. The maximum Gasteiger partial charge on any atom is 0.123 e. The number of likely N-dealkylation sites (N-methyl/N-ethyl adjacent to an activating group) is 2. The van der Waals surface area contributed by atoms with Crippen LogP contribution in [0.2, 0.25) is 0 Å². The molecule has 1 fully saturated rings. The van der Waals surface area contributed by atoms with Gasteiger partial charge in [-0.25, -0.2) is 4.39 Å². The largest absolute Gasteiger partial charge is 0.398 e. The highest BCUT2D eigenvalue weighted by molar-refractivity contribution is 5.46. The predicted molar refractivity (Wildman–Crippen MR) is 77.4 cm³/mol. The molecule has 0 amide bonds. The number of anilines is 1. The second-order valence-corrected chi connectivity index (χ2v) is 5.99. The Labute approximate surface area is 115 Å². The van der Waals surface area contributed by atoms with Gasteiger partial charge in [0.15, 0.2) is 0 Å². The Morgan fingerprint density at radius 3 is 2.47 bits per heavy atom. The van der Waals surface area contributed by atoms with Gasteiger partial charge in [-0.15, -0.1) is 0 Å². The van der Waals surface area contributed by atoms with Crippen molar-refractivity contribution in [3.8, 4) is 0 Å².